The molecule has 9 nitrogen and oxygen atoms in total. The molecule has 1 aliphatic heterocycles. The van der Waals surface area contributed by atoms with Crippen molar-refractivity contribution in [3.05, 3.63) is 113 Å². The summed E-state index contributed by atoms with van der Waals surface area (Å²) in [6.07, 6.45) is 3.25. The van der Waals surface area contributed by atoms with Crippen LogP contribution in [0.3, 0.4) is 0 Å². The topological polar surface area (TPSA) is 121 Å². The first-order chi connectivity index (χ1) is 20.8. The maximum absolute atomic E-state index is 14.7. The van der Waals surface area contributed by atoms with Crippen LogP contribution in [0.25, 0.3) is 0 Å². The highest BCUT2D eigenvalue weighted by Crippen LogP contribution is 2.51. The first-order valence-electron chi connectivity index (χ1n) is 14.0. The molecule has 2 aliphatic rings. The number of esters is 2. The van der Waals surface area contributed by atoms with E-state index in [1.165, 1.54) is 30.2 Å². The minimum absolute atomic E-state index is 0.00588. The number of allylic oxidation sites excluding steroid dienone is 2. The fourth-order valence-corrected chi connectivity index (χ4v) is 5.91. The highest BCUT2D eigenvalue weighted by molar-refractivity contribution is 6.14. The van der Waals surface area contributed by atoms with Crippen molar-refractivity contribution in [1.29, 1.82) is 0 Å². The van der Waals surface area contributed by atoms with Crippen LogP contribution in [0.1, 0.15) is 43.2 Å². The van der Waals surface area contributed by atoms with Gasteiger partial charge < -0.3 is 19.9 Å². The number of anilines is 1. The molecule has 222 valence electrons. The standard InChI is InChI=1S/C33H32FN3O6/c1-4-42-32(39)27-24(19-9-6-13-23(15-19)41-3)17-25-28(30(27)38)26(20-10-8-14-36-18-20)29(33(40)43-5-2)31(35)37(25)22-12-7-11-21(34)16-22/h6-16,18,24,26-27H,4-5,17,35H2,1-3H3. The Balaban J connectivity index is 1.82. The maximum Gasteiger partial charge on any atom is 0.338 e. The number of hydrogen-bond acceptors (Lipinski definition) is 9. The van der Waals surface area contributed by atoms with Gasteiger partial charge in [0.05, 0.1) is 37.5 Å². The molecule has 43 heavy (non-hydrogen) atoms. The number of benzene rings is 2. The SMILES string of the molecule is CCOC(=O)C1=C(N)N(c2cccc(F)c2)C2=C(C(=O)C(C(=O)OCC)C(c3cccc(OC)c3)C2)C1c1cccnc1. The second-order valence-electron chi connectivity index (χ2n) is 10.1. The van der Waals surface area contributed by atoms with Crippen molar-refractivity contribution < 1.29 is 33.0 Å². The lowest BCUT2D eigenvalue weighted by Gasteiger charge is -2.44. The van der Waals surface area contributed by atoms with Crippen molar-refractivity contribution in [3.63, 3.8) is 0 Å². The molecule has 0 fully saturated rings. The van der Waals surface area contributed by atoms with E-state index in [0.717, 1.165) is 0 Å². The van der Waals surface area contributed by atoms with Crippen LogP contribution >= 0.6 is 0 Å². The Bertz CT molecular complexity index is 1620. The number of Topliss-reactive ketones (excluding diaryl/α,β-unsaturated/α-hetero) is 1. The molecule has 2 heterocycles. The quantitative estimate of drug-likeness (QED) is 0.295. The molecule has 0 saturated carbocycles. The van der Waals surface area contributed by atoms with E-state index in [1.807, 2.05) is 6.07 Å². The van der Waals surface area contributed by atoms with Gasteiger partial charge in [0, 0.05) is 29.6 Å². The van der Waals surface area contributed by atoms with Gasteiger partial charge in [-0.2, -0.15) is 0 Å². The van der Waals surface area contributed by atoms with E-state index in [-0.39, 0.29) is 36.6 Å². The molecule has 1 aromatic heterocycles. The number of aromatic nitrogens is 1. The molecule has 3 aromatic rings. The molecule has 2 N–H and O–H groups in total. The van der Waals surface area contributed by atoms with Gasteiger partial charge in [0.15, 0.2) is 5.78 Å². The molecule has 1 aliphatic carbocycles. The lowest BCUT2D eigenvalue weighted by atomic mass is 9.67. The Hall–Kier alpha value is -4.99. The molecular formula is C33H32FN3O6. The van der Waals surface area contributed by atoms with Crippen LogP contribution in [0, 0.1) is 11.7 Å². The number of ketones is 1. The number of hydrogen-bond donors (Lipinski definition) is 1. The average molecular weight is 586 g/mol. The molecule has 10 heteroatoms. The van der Waals surface area contributed by atoms with Gasteiger partial charge in [-0.05, 0) is 67.8 Å². The van der Waals surface area contributed by atoms with E-state index in [9.17, 15) is 18.8 Å². The Morgan fingerprint density at radius 2 is 1.77 bits per heavy atom. The van der Waals surface area contributed by atoms with E-state index in [0.29, 0.717) is 28.3 Å². The lowest BCUT2D eigenvalue weighted by molar-refractivity contribution is -0.152. The van der Waals surface area contributed by atoms with Gasteiger partial charge in [0.25, 0.3) is 0 Å². The summed E-state index contributed by atoms with van der Waals surface area (Å²) in [6, 6.07) is 16.3. The van der Waals surface area contributed by atoms with Crippen molar-refractivity contribution in [2.75, 3.05) is 25.2 Å². The molecule has 5 rings (SSSR count). The first kappa shape index (κ1) is 29.5. The highest BCUT2D eigenvalue weighted by Gasteiger charge is 2.51. The zero-order valence-corrected chi connectivity index (χ0v) is 24.1. The van der Waals surface area contributed by atoms with Gasteiger partial charge in [-0.15, -0.1) is 0 Å². The third kappa shape index (κ3) is 5.48. The van der Waals surface area contributed by atoms with Crippen LogP contribution < -0.4 is 15.4 Å². The predicted octanol–water partition coefficient (Wildman–Crippen LogP) is 4.76. The van der Waals surface area contributed by atoms with Crippen molar-refractivity contribution in [1.82, 2.24) is 4.98 Å². The number of pyridine rings is 1. The molecule has 0 amide bonds. The smallest absolute Gasteiger partial charge is 0.338 e. The minimum Gasteiger partial charge on any atom is -0.497 e. The second kappa shape index (κ2) is 12.5. The maximum atomic E-state index is 14.7. The molecule has 3 atom stereocenters. The fraction of sp³-hybridized carbons (Fsp3) is 0.273. The van der Waals surface area contributed by atoms with Crippen LogP contribution in [0.15, 0.2) is 95.7 Å². The molecule has 2 aromatic carbocycles. The van der Waals surface area contributed by atoms with Gasteiger partial charge >= 0.3 is 11.9 Å². The summed E-state index contributed by atoms with van der Waals surface area (Å²) in [6.45, 7) is 3.45. The Kier molecular flexibility index (Phi) is 8.56. The first-order valence-corrected chi connectivity index (χ1v) is 14.0. The monoisotopic (exact) mass is 585 g/mol. The predicted molar refractivity (Wildman–Crippen MR) is 156 cm³/mol. The average Bonchev–Trinajstić information content (AvgIpc) is 3.01. The van der Waals surface area contributed by atoms with Crippen LogP contribution in [-0.4, -0.2) is 43.0 Å². The Morgan fingerprint density at radius 1 is 1.02 bits per heavy atom. The van der Waals surface area contributed by atoms with Crippen LogP contribution in [0.2, 0.25) is 0 Å². The van der Waals surface area contributed by atoms with E-state index in [1.54, 1.807) is 62.6 Å². The Labute approximate surface area is 248 Å². The van der Waals surface area contributed by atoms with E-state index in [4.69, 9.17) is 19.9 Å². The number of carbonyl (C=O) groups is 3. The fourth-order valence-electron chi connectivity index (χ4n) is 5.91. The van der Waals surface area contributed by atoms with Crippen LogP contribution in [-0.2, 0) is 23.9 Å². The van der Waals surface area contributed by atoms with Gasteiger partial charge in [-0.25, -0.2) is 9.18 Å². The zero-order chi connectivity index (χ0) is 30.7. The molecule has 3 unspecified atom stereocenters. The van der Waals surface area contributed by atoms with Crippen LogP contribution in [0.4, 0.5) is 10.1 Å². The summed E-state index contributed by atoms with van der Waals surface area (Å²) in [7, 11) is 1.53. The minimum atomic E-state index is -1.23. The third-order valence-corrected chi connectivity index (χ3v) is 7.68. The number of nitrogens with two attached hydrogens (primary N) is 1. The molecule has 0 bridgehead atoms. The van der Waals surface area contributed by atoms with Crippen molar-refractivity contribution >= 4 is 23.4 Å². The van der Waals surface area contributed by atoms with Crippen LogP contribution in [0.5, 0.6) is 5.75 Å². The van der Waals surface area contributed by atoms with Gasteiger partial charge in [-0.1, -0.05) is 24.3 Å². The summed E-state index contributed by atoms with van der Waals surface area (Å²) >= 11 is 0. The van der Waals surface area contributed by atoms with Crippen molar-refractivity contribution in [2.45, 2.75) is 32.1 Å². The number of nitrogens with zero attached hydrogens (tertiary/aromatic N) is 2. The number of methoxy groups -OCH3 is 1. The van der Waals surface area contributed by atoms with E-state index < -0.39 is 41.3 Å². The number of carbonyl (C=O) groups excluding carboxylic acids is 3. The van der Waals surface area contributed by atoms with Crippen molar-refractivity contribution in [2.24, 2.45) is 11.7 Å². The Morgan fingerprint density at radius 3 is 2.44 bits per heavy atom. The summed E-state index contributed by atoms with van der Waals surface area (Å²) in [5.74, 6) is -4.86. The molecule has 0 saturated heterocycles. The van der Waals surface area contributed by atoms with Gasteiger partial charge in [0.1, 0.15) is 23.3 Å². The molecule has 0 spiro atoms. The summed E-state index contributed by atoms with van der Waals surface area (Å²) < 4.78 is 30.9. The number of halogens is 1. The summed E-state index contributed by atoms with van der Waals surface area (Å²) in [5, 5.41) is 0. The highest BCUT2D eigenvalue weighted by atomic mass is 19.1. The normalized spacial score (nSPS) is 20.0. The second-order valence-corrected chi connectivity index (χ2v) is 10.1. The van der Waals surface area contributed by atoms with Gasteiger partial charge in [0.2, 0.25) is 0 Å². The molecular weight excluding hydrogens is 553 g/mol. The summed E-state index contributed by atoms with van der Waals surface area (Å²) in [4.78, 5) is 47.6. The zero-order valence-electron chi connectivity index (χ0n) is 24.1. The largest absolute Gasteiger partial charge is 0.497 e. The van der Waals surface area contributed by atoms with E-state index in [2.05, 4.69) is 4.98 Å². The third-order valence-electron chi connectivity index (χ3n) is 7.68. The van der Waals surface area contributed by atoms with E-state index >= 15 is 0 Å². The number of ether oxygens (including phenoxy) is 3. The van der Waals surface area contributed by atoms with Gasteiger partial charge in [-0.3, -0.25) is 19.5 Å². The lowest BCUT2D eigenvalue weighted by Crippen LogP contribution is -2.46. The number of rotatable bonds is 8. The summed E-state index contributed by atoms with van der Waals surface area (Å²) in [5.41, 5.74) is 8.89. The molecule has 0 radical (unpaired) electrons. The van der Waals surface area contributed by atoms with Crippen molar-refractivity contribution in [3.8, 4) is 5.75 Å².